The minimum atomic E-state index is -0.355. The van der Waals surface area contributed by atoms with Gasteiger partial charge in [0.2, 0.25) is 5.82 Å². The van der Waals surface area contributed by atoms with Crippen molar-refractivity contribution in [3.8, 4) is 22.8 Å². The van der Waals surface area contributed by atoms with Gasteiger partial charge in [0.15, 0.2) is 5.82 Å². The summed E-state index contributed by atoms with van der Waals surface area (Å²) in [5.74, 6) is 1.13. The molecule has 0 radical (unpaired) electrons. The van der Waals surface area contributed by atoms with Crippen LogP contribution in [0.2, 0.25) is 0 Å². The topological polar surface area (TPSA) is 69.0 Å². The summed E-state index contributed by atoms with van der Waals surface area (Å²) in [5, 5.41) is 7.46. The van der Waals surface area contributed by atoms with E-state index >= 15 is 0 Å². The Morgan fingerprint density at radius 1 is 0.969 bits per heavy atom. The molecule has 0 fully saturated rings. The number of aryl methyl sites for hydroxylation is 3. The summed E-state index contributed by atoms with van der Waals surface area (Å²) >= 11 is 0. The number of carbonyl (C=O) groups excluding carboxylic acids is 1. The molecule has 4 aromatic rings. The highest BCUT2D eigenvalue weighted by atomic mass is 16.5. The Bertz CT molecular complexity index is 1260. The fraction of sp³-hybridized carbons (Fsp3) is 0.192. The van der Waals surface area contributed by atoms with Crippen LogP contribution in [0.4, 0.5) is 5.69 Å². The van der Waals surface area contributed by atoms with Gasteiger partial charge in [-0.1, -0.05) is 29.8 Å². The molecular formula is C26H26N4O2. The van der Waals surface area contributed by atoms with Crippen LogP contribution in [0.1, 0.15) is 34.2 Å². The van der Waals surface area contributed by atoms with Crippen molar-refractivity contribution in [2.75, 3.05) is 11.9 Å². The molecule has 3 aromatic carbocycles. The number of aromatic nitrogens is 3. The first-order chi connectivity index (χ1) is 15.4. The molecule has 0 saturated heterocycles. The van der Waals surface area contributed by atoms with Crippen LogP contribution in [0.5, 0.6) is 5.75 Å². The summed E-state index contributed by atoms with van der Waals surface area (Å²) in [5.41, 5.74) is 5.77. The lowest BCUT2D eigenvalue weighted by molar-refractivity contribution is 0.101. The second-order valence-electron chi connectivity index (χ2n) is 7.72. The molecular weight excluding hydrogens is 400 g/mol. The Labute approximate surface area is 187 Å². The predicted octanol–water partition coefficient (Wildman–Crippen LogP) is 5.51. The van der Waals surface area contributed by atoms with E-state index in [1.54, 1.807) is 4.68 Å². The zero-order chi connectivity index (χ0) is 22.7. The Kier molecular flexibility index (Phi) is 6.03. The number of amides is 1. The third kappa shape index (κ3) is 4.54. The van der Waals surface area contributed by atoms with Crippen molar-refractivity contribution in [1.82, 2.24) is 14.8 Å². The van der Waals surface area contributed by atoms with Gasteiger partial charge in [-0.3, -0.25) is 4.79 Å². The number of ether oxygens (including phenoxy) is 1. The molecule has 0 saturated carbocycles. The number of anilines is 1. The molecule has 1 aromatic heterocycles. The number of hydrogen-bond acceptors (Lipinski definition) is 4. The molecule has 0 atom stereocenters. The maximum atomic E-state index is 13.0. The van der Waals surface area contributed by atoms with Crippen molar-refractivity contribution in [3.05, 3.63) is 89.2 Å². The van der Waals surface area contributed by atoms with E-state index in [-0.39, 0.29) is 11.7 Å². The number of nitrogens with zero attached hydrogens (tertiary/aromatic N) is 3. The Hall–Kier alpha value is -3.93. The van der Waals surface area contributed by atoms with E-state index in [1.807, 2.05) is 94.4 Å². The van der Waals surface area contributed by atoms with Gasteiger partial charge in [-0.05, 0) is 81.3 Å². The lowest BCUT2D eigenvalue weighted by Crippen LogP contribution is -2.14. The van der Waals surface area contributed by atoms with Crippen LogP contribution in [-0.4, -0.2) is 27.3 Å². The van der Waals surface area contributed by atoms with Gasteiger partial charge in [0.25, 0.3) is 5.91 Å². The van der Waals surface area contributed by atoms with Crippen LogP contribution in [0, 0.1) is 20.8 Å². The fourth-order valence-electron chi connectivity index (χ4n) is 3.42. The first-order valence-electron chi connectivity index (χ1n) is 10.6. The zero-order valence-corrected chi connectivity index (χ0v) is 18.7. The van der Waals surface area contributed by atoms with Crippen molar-refractivity contribution in [1.29, 1.82) is 0 Å². The van der Waals surface area contributed by atoms with Crippen LogP contribution < -0.4 is 10.1 Å². The van der Waals surface area contributed by atoms with Gasteiger partial charge < -0.3 is 10.1 Å². The van der Waals surface area contributed by atoms with E-state index in [0.29, 0.717) is 18.1 Å². The molecule has 0 aliphatic rings. The maximum absolute atomic E-state index is 13.0. The molecule has 162 valence electrons. The Morgan fingerprint density at radius 3 is 2.44 bits per heavy atom. The molecule has 0 aliphatic heterocycles. The molecule has 32 heavy (non-hydrogen) atoms. The van der Waals surface area contributed by atoms with E-state index in [0.717, 1.165) is 28.1 Å². The summed E-state index contributed by atoms with van der Waals surface area (Å²) in [4.78, 5) is 17.6. The third-order valence-electron chi connectivity index (χ3n) is 5.24. The van der Waals surface area contributed by atoms with Crippen LogP contribution in [0.25, 0.3) is 17.1 Å². The van der Waals surface area contributed by atoms with E-state index in [4.69, 9.17) is 4.74 Å². The van der Waals surface area contributed by atoms with Crippen LogP contribution in [0.15, 0.2) is 66.7 Å². The predicted molar refractivity (Wildman–Crippen MR) is 127 cm³/mol. The average Bonchev–Trinajstić information content (AvgIpc) is 3.23. The van der Waals surface area contributed by atoms with Gasteiger partial charge in [-0.15, -0.1) is 5.10 Å². The minimum Gasteiger partial charge on any atom is -0.494 e. The lowest BCUT2D eigenvalue weighted by atomic mass is 10.1. The third-order valence-corrected chi connectivity index (χ3v) is 5.24. The fourth-order valence-corrected chi connectivity index (χ4v) is 3.42. The van der Waals surface area contributed by atoms with E-state index in [1.165, 1.54) is 5.56 Å². The quantitative estimate of drug-likeness (QED) is 0.441. The van der Waals surface area contributed by atoms with Crippen LogP contribution in [0.3, 0.4) is 0 Å². The first kappa shape index (κ1) is 21.3. The molecule has 1 heterocycles. The molecule has 1 amide bonds. The second kappa shape index (κ2) is 9.06. The molecule has 0 aliphatic carbocycles. The second-order valence-corrected chi connectivity index (χ2v) is 7.72. The van der Waals surface area contributed by atoms with Gasteiger partial charge in [0.05, 0.1) is 12.3 Å². The van der Waals surface area contributed by atoms with Crippen molar-refractivity contribution in [3.63, 3.8) is 0 Å². The monoisotopic (exact) mass is 426 g/mol. The van der Waals surface area contributed by atoms with Crippen molar-refractivity contribution < 1.29 is 9.53 Å². The van der Waals surface area contributed by atoms with E-state index in [9.17, 15) is 4.79 Å². The molecule has 0 spiro atoms. The summed E-state index contributed by atoms with van der Waals surface area (Å²) in [6.45, 7) is 8.62. The normalized spacial score (nSPS) is 10.8. The summed E-state index contributed by atoms with van der Waals surface area (Å²) in [6.07, 6.45) is 0. The SMILES string of the molecule is CCOc1ccc(-n2nc(C(=O)Nc3ccc(C)c(C)c3)nc2-c2cccc(C)c2)cc1. The average molecular weight is 427 g/mol. The van der Waals surface area contributed by atoms with E-state index < -0.39 is 0 Å². The number of nitrogens with one attached hydrogen (secondary N) is 1. The highest BCUT2D eigenvalue weighted by molar-refractivity contribution is 6.01. The van der Waals surface area contributed by atoms with Gasteiger partial charge in [-0.2, -0.15) is 0 Å². The number of rotatable bonds is 6. The highest BCUT2D eigenvalue weighted by Crippen LogP contribution is 2.24. The molecule has 6 nitrogen and oxygen atoms in total. The summed E-state index contributed by atoms with van der Waals surface area (Å²) < 4.78 is 7.24. The molecule has 6 heteroatoms. The van der Waals surface area contributed by atoms with E-state index in [2.05, 4.69) is 15.4 Å². The smallest absolute Gasteiger partial charge is 0.295 e. The number of carbonyl (C=O) groups is 1. The van der Waals surface area contributed by atoms with Crippen molar-refractivity contribution in [2.24, 2.45) is 0 Å². The number of hydrogen-bond donors (Lipinski definition) is 1. The van der Waals surface area contributed by atoms with Gasteiger partial charge in [-0.25, -0.2) is 9.67 Å². The molecule has 0 bridgehead atoms. The van der Waals surface area contributed by atoms with Crippen molar-refractivity contribution >= 4 is 11.6 Å². The van der Waals surface area contributed by atoms with Gasteiger partial charge >= 0.3 is 0 Å². The van der Waals surface area contributed by atoms with Gasteiger partial charge in [0.1, 0.15) is 5.75 Å². The summed E-state index contributed by atoms with van der Waals surface area (Å²) in [6, 6.07) is 21.4. The maximum Gasteiger partial charge on any atom is 0.295 e. The van der Waals surface area contributed by atoms with Crippen LogP contribution >= 0.6 is 0 Å². The zero-order valence-electron chi connectivity index (χ0n) is 18.7. The lowest BCUT2D eigenvalue weighted by Gasteiger charge is -2.08. The molecule has 4 rings (SSSR count). The van der Waals surface area contributed by atoms with Crippen LogP contribution in [-0.2, 0) is 0 Å². The highest BCUT2D eigenvalue weighted by Gasteiger charge is 2.19. The van der Waals surface area contributed by atoms with Gasteiger partial charge in [0, 0.05) is 11.3 Å². The minimum absolute atomic E-state index is 0.105. The largest absolute Gasteiger partial charge is 0.494 e. The molecule has 0 unspecified atom stereocenters. The summed E-state index contributed by atoms with van der Waals surface area (Å²) in [7, 11) is 0. The van der Waals surface area contributed by atoms with Crippen molar-refractivity contribution in [2.45, 2.75) is 27.7 Å². The molecule has 1 N–H and O–H groups in total. The first-order valence-corrected chi connectivity index (χ1v) is 10.6. The Balaban J connectivity index is 1.73. The standard InChI is InChI=1S/C26H26N4O2/c1-5-32-23-13-11-22(12-14-23)30-25(20-8-6-7-17(2)15-20)28-24(29-30)26(31)27-21-10-9-18(3)19(4)16-21/h6-16H,5H2,1-4H3,(H,27,31). The Morgan fingerprint density at radius 2 is 1.75 bits per heavy atom. The number of benzene rings is 3.